The van der Waals surface area contributed by atoms with Crippen molar-refractivity contribution >= 4 is 30.1 Å². The third-order valence-electron chi connectivity index (χ3n) is 14.4. The summed E-state index contributed by atoms with van der Waals surface area (Å²) in [6, 6.07) is 29.4. The number of likely N-dealkylation sites (N-methyl/N-ethyl adjacent to an activating group) is 2. The minimum absolute atomic E-state index is 0.121. The third kappa shape index (κ3) is 9.50. The maximum Gasteiger partial charge on any atom is 0.239 e. The lowest BCUT2D eigenvalue weighted by Crippen LogP contribution is -2.50. The number of carbonyl (C=O) groups is 4. The van der Waals surface area contributed by atoms with Gasteiger partial charge >= 0.3 is 0 Å². The zero-order chi connectivity index (χ0) is 43.2. The summed E-state index contributed by atoms with van der Waals surface area (Å²) < 4.78 is 0. The number of benzene rings is 4. The van der Waals surface area contributed by atoms with Gasteiger partial charge in [-0.3, -0.25) is 24.1 Å². The number of aromatic hydroxyl groups is 1. The van der Waals surface area contributed by atoms with Crippen LogP contribution in [0.4, 0.5) is 5.69 Å². The van der Waals surface area contributed by atoms with Crippen molar-refractivity contribution in [1.29, 1.82) is 0 Å². The third-order valence-corrected chi connectivity index (χ3v) is 14.4. The fourth-order valence-electron chi connectivity index (χ4n) is 10.7. The fraction of sp³-hybridized carbons (Fsp3) is 0.451. The second-order valence-corrected chi connectivity index (χ2v) is 18.0. The van der Waals surface area contributed by atoms with Crippen LogP contribution >= 0.6 is 0 Å². The Balaban J connectivity index is 0.825. The van der Waals surface area contributed by atoms with E-state index in [1.54, 1.807) is 14.1 Å². The molecular formula is C51H61N5O6. The number of phenols is 1. The highest BCUT2D eigenvalue weighted by Crippen LogP contribution is 2.48. The Kier molecular flexibility index (Phi) is 13.5. The van der Waals surface area contributed by atoms with Crippen LogP contribution in [-0.4, -0.2) is 104 Å². The number of amides is 2. The standard InChI is InChI=1S/C51H61N5O6/c1-52-50(61)47(9-6-28-57)53(2)62-35-42-29-38-18-23-54(32-40(38)30-41(42)34-58)33-48(60)56-26-21-51(22-27-56)19-24-55(25-20-51)43-13-10-37(11-14-43)49-45(36-7-4-3-5-8-36)16-12-39-31-44(59)15-17-46(39)49/h3-5,7-8,10-11,13-15,17,28-31,34,45,47,49,59H,6,9,12,16,18-27,32-33,35H2,1-2H3,(H,52,61). The van der Waals surface area contributed by atoms with E-state index in [2.05, 4.69) is 80.7 Å². The zero-order valence-corrected chi connectivity index (χ0v) is 36.3. The van der Waals surface area contributed by atoms with E-state index < -0.39 is 6.04 Å². The van der Waals surface area contributed by atoms with Gasteiger partial charge in [-0.25, -0.2) is 0 Å². The second-order valence-electron chi connectivity index (χ2n) is 18.0. The van der Waals surface area contributed by atoms with Gasteiger partial charge in [0.25, 0.3) is 0 Å². The van der Waals surface area contributed by atoms with Gasteiger partial charge in [0, 0.05) is 77.0 Å². The molecule has 2 amide bonds. The van der Waals surface area contributed by atoms with Gasteiger partial charge in [0.2, 0.25) is 11.8 Å². The second kappa shape index (κ2) is 19.4. The molecule has 4 aromatic rings. The maximum absolute atomic E-state index is 13.7. The van der Waals surface area contributed by atoms with Crippen molar-refractivity contribution in [2.75, 3.05) is 58.3 Å². The van der Waals surface area contributed by atoms with Crippen molar-refractivity contribution in [3.8, 4) is 5.75 Å². The zero-order valence-electron chi connectivity index (χ0n) is 36.3. The van der Waals surface area contributed by atoms with Crippen LogP contribution in [0.15, 0.2) is 84.9 Å². The van der Waals surface area contributed by atoms with Crippen LogP contribution in [-0.2, 0) is 45.2 Å². The van der Waals surface area contributed by atoms with Gasteiger partial charge in [-0.1, -0.05) is 54.6 Å². The molecule has 2 fully saturated rings. The van der Waals surface area contributed by atoms with Crippen LogP contribution in [0.25, 0.3) is 0 Å². The lowest BCUT2D eigenvalue weighted by atomic mass is 9.69. The molecule has 1 aliphatic carbocycles. The average Bonchev–Trinajstić information content (AvgIpc) is 3.31. The van der Waals surface area contributed by atoms with Crippen molar-refractivity contribution in [3.05, 3.63) is 129 Å². The smallest absolute Gasteiger partial charge is 0.239 e. The van der Waals surface area contributed by atoms with Gasteiger partial charge in [-0.15, -0.1) is 0 Å². The molecule has 3 heterocycles. The number of piperidine rings is 2. The Morgan fingerprint density at radius 3 is 2.32 bits per heavy atom. The molecular weight excluding hydrogens is 779 g/mol. The molecule has 326 valence electrons. The largest absolute Gasteiger partial charge is 0.508 e. The first kappa shape index (κ1) is 43.3. The molecule has 8 rings (SSSR count). The van der Waals surface area contributed by atoms with E-state index in [0.29, 0.717) is 36.7 Å². The molecule has 0 saturated carbocycles. The monoisotopic (exact) mass is 839 g/mol. The minimum Gasteiger partial charge on any atom is -0.508 e. The summed E-state index contributed by atoms with van der Waals surface area (Å²) in [6.07, 6.45) is 9.30. The fourth-order valence-corrected chi connectivity index (χ4v) is 10.7. The van der Waals surface area contributed by atoms with Crippen molar-refractivity contribution in [1.82, 2.24) is 20.2 Å². The first-order valence-corrected chi connectivity index (χ1v) is 22.5. The number of carbonyl (C=O) groups excluding carboxylic acids is 4. The van der Waals surface area contributed by atoms with Gasteiger partial charge in [0.1, 0.15) is 24.4 Å². The van der Waals surface area contributed by atoms with Crippen molar-refractivity contribution in [2.24, 2.45) is 5.41 Å². The summed E-state index contributed by atoms with van der Waals surface area (Å²) in [6.45, 7) is 5.47. The number of fused-ring (bicyclic) bond motifs is 2. The number of aldehydes is 2. The molecule has 0 aromatic heterocycles. The lowest BCUT2D eigenvalue weighted by molar-refractivity contribution is -0.185. The van der Waals surface area contributed by atoms with E-state index >= 15 is 0 Å². The summed E-state index contributed by atoms with van der Waals surface area (Å²) in [5.41, 5.74) is 10.3. The van der Waals surface area contributed by atoms with Gasteiger partial charge in [-0.2, -0.15) is 5.06 Å². The molecule has 0 bridgehead atoms. The van der Waals surface area contributed by atoms with Crippen molar-refractivity contribution in [2.45, 2.75) is 88.8 Å². The Labute approximate surface area is 366 Å². The molecule has 11 nitrogen and oxygen atoms in total. The van der Waals surface area contributed by atoms with Crippen molar-refractivity contribution < 1.29 is 29.1 Å². The van der Waals surface area contributed by atoms with Crippen LogP contribution in [0.2, 0.25) is 0 Å². The van der Waals surface area contributed by atoms with Gasteiger partial charge in [-0.05, 0) is 132 Å². The maximum atomic E-state index is 13.7. The Bertz CT molecular complexity index is 2210. The molecule has 0 radical (unpaired) electrons. The van der Waals surface area contributed by atoms with Crippen LogP contribution < -0.4 is 10.2 Å². The van der Waals surface area contributed by atoms with Gasteiger partial charge in [0.15, 0.2) is 0 Å². The highest BCUT2D eigenvalue weighted by atomic mass is 16.7. The van der Waals surface area contributed by atoms with Gasteiger partial charge < -0.3 is 25.0 Å². The Morgan fingerprint density at radius 1 is 0.871 bits per heavy atom. The number of anilines is 1. The minimum atomic E-state index is -0.624. The molecule has 11 heteroatoms. The van der Waals surface area contributed by atoms with Crippen LogP contribution in [0, 0.1) is 5.41 Å². The lowest BCUT2D eigenvalue weighted by Gasteiger charge is -2.47. The van der Waals surface area contributed by atoms with Crippen LogP contribution in [0.1, 0.15) is 106 Å². The predicted molar refractivity (Wildman–Crippen MR) is 240 cm³/mol. The first-order chi connectivity index (χ1) is 30.2. The summed E-state index contributed by atoms with van der Waals surface area (Å²) in [5.74, 6) is 0.896. The van der Waals surface area contributed by atoms with E-state index in [4.69, 9.17) is 4.84 Å². The van der Waals surface area contributed by atoms with E-state index in [9.17, 15) is 24.3 Å². The molecule has 4 aliphatic rings. The molecule has 2 saturated heterocycles. The number of aryl methyl sites for hydroxylation is 1. The predicted octanol–water partition coefficient (Wildman–Crippen LogP) is 6.79. The summed E-state index contributed by atoms with van der Waals surface area (Å²) in [4.78, 5) is 61.9. The number of hydrogen-bond acceptors (Lipinski definition) is 9. The number of rotatable bonds is 14. The summed E-state index contributed by atoms with van der Waals surface area (Å²) >= 11 is 0. The summed E-state index contributed by atoms with van der Waals surface area (Å²) in [5, 5.41) is 14.3. The highest BCUT2D eigenvalue weighted by molar-refractivity contribution is 5.81. The SMILES string of the molecule is CNC(=O)C(CCC=O)N(C)OCc1cc2c(cc1C=O)CN(CC(=O)N1CCC3(CC1)CCN(c1ccc(C4c5ccc(O)cc5CCC4c4ccccc4)cc1)CC3)CC2. The van der Waals surface area contributed by atoms with Gasteiger partial charge in [0.05, 0.1) is 13.2 Å². The van der Waals surface area contributed by atoms with E-state index in [1.807, 2.05) is 24.3 Å². The Hall–Kier alpha value is -5.36. The number of hydroxylamine groups is 2. The number of nitrogens with one attached hydrogen (secondary N) is 1. The molecule has 3 atom stereocenters. The van der Waals surface area contributed by atoms with Crippen LogP contribution in [0.5, 0.6) is 5.75 Å². The van der Waals surface area contributed by atoms with E-state index in [1.165, 1.54) is 33.0 Å². The molecule has 3 unspecified atom stereocenters. The molecule has 2 N–H and O–H groups in total. The van der Waals surface area contributed by atoms with Crippen molar-refractivity contribution in [3.63, 3.8) is 0 Å². The molecule has 4 aromatic carbocycles. The Morgan fingerprint density at radius 2 is 1.61 bits per heavy atom. The normalized spacial score (nSPS) is 20.3. The number of phenolic OH excluding ortho intramolecular Hbond substituents is 1. The number of hydrogen-bond donors (Lipinski definition) is 2. The first-order valence-electron chi connectivity index (χ1n) is 22.5. The van der Waals surface area contributed by atoms with Crippen LogP contribution in [0.3, 0.4) is 0 Å². The number of nitrogens with zero attached hydrogens (tertiary/aromatic N) is 4. The quantitative estimate of drug-likeness (QED) is 0.104. The van der Waals surface area contributed by atoms with E-state index in [-0.39, 0.29) is 36.2 Å². The molecule has 3 aliphatic heterocycles. The highest BCUT2D eigenvalue weighted by Gasteiger charge is 2.39. The van der Waals surface area contributed by atoms with E-state index in [0.717, 1.165) is 107 Å². The topological polar surface area (TPSA) is 123 Å². The molecule has 62 heavy (non-hydrogen) atoms. The number of likely N-dealkylation sites (tertiary alicyclic amines) is 1. The summed E-state index contributed by atoms with van der Waals surface area (Å²) in [7, 11) is 3.21. The average molecular weight is 840 g/mol. The molecule has 1 spiro atoms.